The van der Waals surface area contributed by atoms with E-state index in [0.29, 0.717) is 24.2 Å². The number of hydrogen-bond donors (Lipinski definition) is 4. The van der Waals surface area contributed by atoms with Gasteiger partial charge in [-0.1, -0.05) is 12.1 Å². The summed E-state index contributed by atoms with van der Waals surface area (Å²) in [5, 5.41) is 12.4. The van der Waals surface area contributed by atoms with Gasteiger partial charge in [0.05, 0.1) is 11.1 Å². The van der Waals surface area contributed by atoms with Gasteiger partial charge in [-0.05, 0) is 110 Å². The summed E-state index contributed by atoms with van der Waals surface area (Å²) in [7, 11) is 0. The van der Waals surface area contributed by atoms with Gasteiger partial charge in [-0.2, -0.15) is 28.1 Å². The molecule has 1 aliphatic carbocycles. The molecule has 49 heavy (non-hydrogen) atoms. The Morgan fingerprint density at radius 2 is 1.43 bits per heavy atom. The summed E-state index contributed by atoms with van der Waals surface area (Å²) in [5.41, 5.74) is 0.885. The molecule has 1 aliphatic rings. The molecule has 1 amide bonds. The fraction of sp³-hybridized carbons (Fsp3) is 0.500. The minimum Gasteiger partial charge on any atom is -0.456 e. The average molecular weight is 688 g/mol. The molecule has 1 fully saturated rings. The third-order valence-electron chi connectivity index (χ3n) is 6.96. The lowest BCUT2D eigenvalue weighted by Crippen LogP contribution is -2.38. The third-order valence-corrected chi connectivity index (χ3v) is 6.96. The first-order chi connectivity index (χ1) is 22.8. The van der Waals surface area contributed by atoms with Crippen LogP contribution < -0.4 is 26.0 Å². The van der Waals surface area contributed by atoms with E-state index >= 15 is 0 Å². The Labute approximate surface area is 283 Å². The average Bonchev–Trinajstić information content (AvgIpc) is 3.75. The van der Waals surface area contributed by atoms with Crippen molar-refractivity contribution in [1.29, 1.82) is 0 Å². The van der Waals surface area contributed by atoms with Crippen LogP contribution in [0.2, 0.25) is 0 Å². The van der Waals surface area contributed by atoms with E-state index in [-0.39, 0.29) is 17.9 Å². The smallest absolute Gasteiger partial charge is 0.422 e. The first kappa shape index (κ1) is 37.0. The number of rotatable bonds is 13. The van der Waals surface area contributed by atoms with Crippen LogP contribution >= 0.6 is 0 Å². The molecule has 4 rings (SSSR count). The fourth-order valence-electron chi connectivity index (χ4n) is 4.58. The van der Waals surface area contributed by atoms with Gasteiger partial charge in [-0.25, -0.2) is 9.59 Å². The first-order valence-corrected chi connectivity index (χ1v) is 16.0. The molecule has 0 bridgehead atoms. The van der Waals surface area contributed by atoms with Crippen LogP contribution in [0.15, 0.2) is 48.5 Å². The SMILES string of the molecule is CC(CCNc1ccc(C2(Nc3nc(Nc4ccc(C(=O)OC(C)(C)C)cc4)nc(OCC(F)(F)F)n3)CC2)cc1)NC(=O)OC(C)(C)C. The number of benzene rings is 2. The van der Waals surface area contributed by atoms with Gasteiger partial charge in [-0.15, -0.1) is 0 Å². The van der Waals surface area contributed by atoms with E-state index in [1.54, 1.807) is 45.0 Å². The molecule has 0 saturated heterocycles. The summed E-state index contributed by atoms with van der Waals surface area (Å²) in [6.07, 6.45) is -2.89. The number of hydrogen-bond acceptors (Lipinski definition) is 11. The van der Waals surface area contributed by atoms with Gasteiger partial charge < -0.3 is 35.5 Å². The Kier molecular flexibility index (Phi) is 11.1. The van der Waals surface area contributed by atoms with Crippen LogP contribution in [0, 0.1) is 0 Å². The zero-order chi connectivity index (χ0) is 36.0. The predicted molar refractivity (Wildman–Crippen MR) is 179 cm³/mol. The lowest BCUT2D eigenvalue weighted by atomic mass is 10.0. The van der Waals surface area contributed by atoms with Crippen LogP contribution in [0.4, 0.5) is 41.2 Å². The second-order valence-electron chi connectivity index (χ2n) is 13.9. The van der Waals surface area contributed by atoms with E-state index < -0.39 is 47.6 Å². The monoisotopic (exact) mass is 687 g/mol. The fourth-order valence-corrected chi connectivity index (χ4v) is 4.58. The third kappa shape index (κ3) is 12.3. The van der Waals surface area contributed by atoms with E-state index in [2.05, 4.69) is 36.2 Å². The number of nitrogens with zero attached hydrogens (tertiary/aromatic N) is 3. The molecule has 3 aromatic rings. The van der Waals surface area contributed by atoms with Crippen LogP contribution in [-0.4, -0.2) is 63.6 Å². The Balaban J connectivity index is 1.41. The van der Waals surface area contributed by atoms with Gasteiger partial charge in [-0.3, -0.25) is 0 Å². The topological polar surface area (TPSA) is 149 Å². The molecule has 1 saturated carbocycles. The quantitative estimate of drug-likeness (QED) is 0.134. The molecule has 1 unspecified atom stereocenters. The summed E-state index contributed by atoms with van der Waals surface area (Å²) in [5.74, 6) is -0.508. The number of nitrogens with one attached hydrogen (secondary N) is 4. The molecule has 266 valence electrons. The molecule has 4 N–H and O–H groups in total. The van der Waals surface area contributed by atoms with Crippen molar-refractivity contribution < 1.29 is 37.0 Å². The number of alkyl halides is 3. The molecule has 12 nitrogen and oxygen atoms in total. The van der Waals surface area contributed by atoms with Gasteiger partial charge in [0.2, 0.25) is 11.9 Å². The second kappa shape index (κ2) is 14.7. The molecule has 0 radical (unpaired) electrons. The largest absolute Gasteiger partial charge is 0.456 e. The van der Waals surface area contributed by atoms with Crippen molar-refractivity contribution in [3.8, 4) is 6.01 Å². The van der Waals surface area contributed by atoms with Crippen molar-refractivity contribution in [2.45, 2.75) is 96.7 Å². The first-order valence-electron chi connectivity index (χ1n) is 16.0. The number of halogens is 3. The molecular weight excluding hydrogens is 643 g/mol. The Morgan fingerprint density at radius 3 is 2.00 bits per heavy atom. The highest BCUT2D eigenvalue weighted by atomic mass is 19.4. The highest BCUT2D eigenvalue weighted by Gasteiger charge is 2.45. The number of esters is 1. The van der Waals surface area contributed by atoms with Gasteiger partial charge in [0.25, 0.3) is 0 Å². The zero-order valence-corrected chi connectivity index (χ0v) is 28.7. The van der Waals surface area contributed by atoms with Crippen molar-refractivity contribution in [2.24, 2.45) is 0 Å². The minimum atomic E-state index is -4.59. The summed E-state index contributed by atoms with van der Waals surface area (Å²) >= 11 is 0. The maximum atomic E-state index is 13.0. The van der Waals surface area contributed by atoms with Crippen molar-refractivity contribution in [3.05, 3.63) is 59.7 Å². The molecular formula is C34H44F3N7O5. The number of aromatic nitrogens is 3. The molecule has 15 heteroatoms. The summed E-state index contributed by atoms with van der Waals surface area (Å²) < 4.78 is 54.4. The summed E-state index contributed by atoms with van der Waals surface area (Å²) in [6.45, 7) is 11.7. The van der Waals surface area contributed by atoms with E-state index in [0.717, 1.165) is 24.1 Å². The van der Waals surface area contributed by atoms with Crippen LogP contribution in [0.25, 0.3) is 0 Å². The number of amides is 1. The van der Waals surface area contributed by atoms with Crippen LogP contribution in [0.5, 0.6) is 6.01 Å². The highest BCUT2D eigenvalue weighted by Crippen LogP contribution is 2.48. The van der Waals surface area contributed by atoms with Gasteiger partial charge in [0, 0.05) is 24.0 Å². The zero-order valence-electron chi connectivity index (χ0n) is 28.7. The number of carbonyl (C=O) groups excluding carboxylic acids is 2. The Bertz CT molecular complexity index is 1580. The molecule has 1 atom stereocenters. The summed E-state index contributed by atoms with van der Waals surface area (Å²) in [4.78, 5) is 36.9. The highest BCUT2D eigenvalue weighted by molar-refractivity contribution is 5.90. The number of anilines is 4. The van der Waals surface area contributed by atoms with E-state index in [4.69, 9.17) is 14.2 Å². The lowest BCUT2D eigenvalue weighted by molar-refractivity contribution is -0.154. The Morgan fingerprint density at radius 1 is 0.837 bits per heavy atom. The van der Waals surface area contributed by atoms with Gasteiger partial charge in [0.15, 0.2) is 6.61 Å². The van der Waals surface area contributed by atoms with Crippen molar-refractivity contribution in [1.82, 2.24) is 20.3 Å². The van der Waals surface area contributed by atoms with Crippen molar-refractivity contribution in [3.63, 3.8) is 0 Å². The van der Waals surface area contributed by atoms with Gasteiger partial charge >= 0.3 is 24.2 Å². The van der Waals surface area contributed by atoms with Crippen molar-refractivity contribution >= 4 is 35.3 Å². The van der Waals surface area contributed by atoms with E-state index in [9.17, 15) is 22.8 Å². The minimum absolute atomic E-state index is 0.0335. The normalized spacial score (nSPS) is 14.7. The predicted octanol–water partition coefficient (Wildman–Crippen LogP) is 7.33. The lowest BCUT2D eigenvalue weighted by Gasteiger charge is -2.22. The molecule has 1 aromatic heterocycles. The number of alkyl carbamates (subject to hydrolysis) is 1. The number of ether oxygens (including phenoxy) is 3. The molecule has 1 heterocycles. The van der Waals surface area contributed by atoms with Crippen molar-refractivity contribution in [2.75, 3.05) is 29.1 Å². The molecule has 0 spiro atoms. The van der Waals surface area contributed by atoms with E-state index in [1.165, 1.54) is 0 Å². The standard InChI is InChI=1S/C34H44F3N7O5/c1-21(39-30(46)49-32(5,6)7)16-19-38-24-14-10-23(11-15-24)33(17-18-33)44-28-41-27(42-29(43-28)47-20-34(35,36)37)40-25-12-8-22(9-13-25)26(45)48-31(2,3)4/h8-15,21,38H,16-20H2,1-7H3,(H,39,46)(H2,40,41,42,43,44). The van der Waals surface area contributed by atoms with Gasteiger partial charge in [0.1, 0.15) is 11.2 Å². The van der Waals surface area contributed by atoms with E-state index in [1.807, 2.05) is 52.0 Å². The maximum absolute atomic E-state index is 13.0. The van der Waals surface area contributed by atoms with Crippen LogP contribution in [-0.2, 0) is 15.0 Å². The number of carbonyl (C=O) groups is 2. The maximum Gasteiger partial charge on any atom is 0.422 e. The van der Waals surface area contributed by atoms with Crippen LogP contribution in [0.1, 0.15) is 83.7 Å². The molecule has 0 aliphatic heterocycles. The molecule has 2 aromatic carbocycles. The van der Waals surface area contributed by atoms with Crippen LogP contribution in [0.3, 0.4) is 0 Å². The second-order valence-corrected chi connectivity index (χ2v) is 13.9. The summed E-state index contributed by atoms with van der Waals surface area (Å²) in [6, 6.07) is 13.5. The Hall–Kier alpha value is -4.82.